The van der Waals surface area contributed by atoms with Crippen molar-refractivity contribution in [3.63, 3.8) is 0 Å². The molecule has 0 spiro atoms. The van der Waals surface area contributed by atoms with E-state index in [9.17, 15) is 8.78 Å². The average Bonchev–Trinajstić information content (AvgIpc) is 1.35. The molecule has 0 aliphatic rings. The van der Waals surface area contributed by atoms with E-state index in [0.29, 0.717) is 0 Å². The third-order valence-corrected chi connectivity index (χ3v) is 0.760. The number of hydrogen-bond donors (Lipinski definition) is 0. The normalized spacial score (nSPS) is 7.83. The quantitative estimate of drug-likeness (QED) is 0.444. The molecule has 0 N–H and O–H groups in total. The van der Waals surface area contributed by atoms with Crippen molar-refractivity contribution < 1.29 is 8.78 Å². The minimum atomic E-state index is -1.57. The van der Waals surface area contributed by atoms with Gasteiger partial charge in [0, 0.05) is 0 Å². The maximum absolute atomic E-state index is 10.9. The van der Waals surface area contributed by atoms with Crippen LogP contribution in [0, 0.1) is 0 Å². The summed E-state index contributed by atoms with van der Waals surface area (Å²) in [6.45, 7) is 1.69. The highest BCUT2D eigenvalue weighted by atomic mass is 28.2. The molecule has 0 heterocycles. The van der Waals surface area contributed by atoms with Crippen molar-refractivity contribution in [2.24, 2.45) is 0 Å². The zero-order valence-electron chi connectivity index (χ0n) is 3.33. The SMILES string of the molecule is C[Si]C=C(F)F. The largest absolute Gasteiger partial charge is 0.262 e. The van der Waals surface area contributed by atoms with Gasteiger partial charge in [-0.1, -0.05) is 6.55 Å². The first-order valence-corrected chi connectivity index (χ1v) is 3.03. The Bertz CT molecular complexity index is 55.8. The van der Waals surface area contributed by atoms with E-state index in [0.717, 1.165) is 5.70 Å². The summed E-state index contributed by atoms with van der Waals surface area (Å²) in [4.78, 5) is 0. The minimum Gasteiger partial charge on any atom is -0.174 e. The molecule has 0 unspecified atom stereocenters. The standard InChI is InChI=1S/C3H4F2Si/c1-6-2-3(4)5/h2H,1H3. The Balaban J connectivity index is 3.14. The molecule has 6 heavy (non-hydrogen) atoms. The van der Waals surface area contributed by atoms with Gasteiger partial charge in [-0.2, -0.15) is 8.78 Å². The smallest absolute Gasteiger partial charge is 0.174 e. The van der Waals surface area contributed by atoms with Gasteiger partial charge in [0.15, 0.2) is 0 Å². The molecule has 0 amide bonds. The highest BCUT2D eigenvalue weighted by molar-refractivity contribution is 6.40. The van der Waals surface area contributed by atoms with Crippen LogP contribution in [0.3, 0.4) is 0 Å². The van der Waals surface area contributed by atoms with Gasteiger partial charge in [0.25, 0.3) is 6.08 Å². The predicted octanol–water partition coefficient (Wildman–Crippen LogP) is 1.48. The Kier molecular flexibility index (Phi) is 2.93. The van der Waals surface area contributed by atoms with Gasteiger partial charge in [0.05, 0.1) is 9.52 Å². The van der Waals surface area contributed by atoms with E-state index in [1.54, 1.807) is 6.55 Å². The molecule has 0 saturated carbocycles. The molecule has 0 fully saturated rings. The van der Waals surface area contributed by atoms with E-state index in [1.165, 1.54) is 0 Å². The van der Waals surface area contributed by atoms with Crippen LogP contribution in [0.1, 0.15) is 0 Å². The number of hydrogen-bond acceptors (Lipinski definition) is 0. The van der Waals surface area contributed by atoms with Crippen LogP contribution in [-0.2, 0) is 0 Å². The van der Waals surface area contributed by atoms with Crippen LogP contribution in [0.2, 0.25) is 6.55 Å². The van der Waals surface area contributed by atoms with Crippen molar-refractivity contribution in [2.75, 3.05) is 0 Å². The third-order valence-electron chi connectivity index (χ3n) is 0.253. The summed E-state index contributed by atoms with van der Waals surface area (Å²) in [6, 6.07) is 0. The molecule has 0 nitrogen and oxygen atoms in total. The summed E-state index contributed by atoms with van der Waals surface area (Å²) in [7, 11) is 0.226. The van der Waals surface area contributed by atoms with Crippen molar-refractivity contribution in [1.29, 1.82) is 0 Å². The lowest BCUT2D eigenvalue weighted by molar-refractivity contribution is 0.423. The highest BCUT2D eigenvalue weighted by Crippen LogP contribution is 1.92. The molecule has 0 aliphatic carbocycles. The molecule has 34 valence electrons. The summed E-state index contributed by atoms with van der Waals surface area (Å²) in [5, 5.41) is 0. The van der Waals surface area contributed by atoms with Crippen LogP contribution in [0.15, 0.2) is 11.8 Å². The van der Waals surface area contributed by atoms with Crippen molar-refractivity contribution >= 4 is 9.52 Å². The van der Waals surface area contributed by atoms with Gasteiger partial charge in [-0.15, -0.1) is 0 Å². The summed E-state index contributed by atoms with van der Waals surface area (Å²) in [5.41, 5.74) is 0.903. The van der Waals surface area contributed by atoms with E-state index in [2.05, 4.69) is 0 Å². The molecular formula is C3H4F2Si. The summed E-state index contributed by atoms with van der Waals surface area (Å²) in [6.07, 6.45) is -1.57. The van der Waals surface area contributed by atoms with Crippen molar-refractivity contribution in [3.05, 3.63) is 11.8 Å². The molecule has 0 bridgehead atoms. The van der Waals surface area contributed by atoms with E-state index >= 15 is 0 Å². The molecule has 0 aromatic carbocycles. The lowest BCUT2D eigenvalue weighted by Crippen LogP contribution is -1.69. The van der Waals surface area contributed by atoms with Crippen LogP contribution in [0.25, 0.3) is 0 Å². The summed E-state index contributed by atoms with van der Waals surface area (Å²) < 4.78 is 21.8. The average molecular weight is 106 g/mol. The third kappa shape index (κ3) is 3.82. The Labute approximate surface area is 37.7 Å². The van der Waals surface area contributed by atoms with Gasteiger partial charge in [-0.3, -0.25) is 0 Å². The van der Waals surface area contributed by atoms with Crippen molar-refractivity contribution in [3.8, 4) is 0 Å². The fraction of sp³-hybridized carbons (Fsp3) is 0.333. The predicted molar refractivity (Wildman–Crippen MR) is 21.9 cm³/mol. The first kappa shape index (κ1) is 5.82. The second kappa shape index (κ2) is 3.02. The second-order valence-corrected chi connectivity index (χ2v) is 1.59. The molecule has 0 saturated heterocycles. The van der Waals surface area contributed by atoms with Gasteiger partial charge in [-0.05, 0) is 5.70 Å². The van der Waals surface area contributed by atoms with Gasteiger partial charge in [0.1, 0.15) is 0 Å². The Hall–Kier alpha value is -0.183. The number of halogens is 2. The lowest BCUT2D eigenvalue weighted by atomic mass is 11.1. The summed E-state index contributed by atoms with van der Waals surface area (Å²) >= 11 is 0. The first-order valence-electron chi connectivity index (χ1n) is 1.46. The van der Waals surface area contributed by atoms with Gasteiger partial charge < -0.3 is 0 Å². The van der Waals surface area contributed by atoms with Gasteiger partial charge in [-0.25, -0.2) is 0 Å². The molecule has 0 rings (SSSR count). The highest BCUT2D eigenvalue weighted by Gasteiger charge is 1.79. The fourth-order valence-corrected chi connectivity index (χ4v) is 0.327. The van der Waals surface area contributed by atoms with Crippen LogP contribution >= 0.6 is 0 Å². The molecular weight excluding hydrogens is 102 g/mol. The van der Waals surface area contributed by atoms with Crippen molar-refractivity contribution in [1.82, 2.24) is 0 Å². The zero-order chi connectivity index (χ0) is 4.99. The van der Waals surface area contributed by atoms with E-state index in [1.807, 2.05) is 0 Å². The monoisotopic (exact) mass is 106 g/mol. The molecule has 0 aliphatic heterocycles. The van der Waals surface area contributed by atoms with Crippen LogP contribution in [0.5, 0.6) is 0 Å². The molecule has 0 aromatic rings. The summed E-state index contributed by atoms with van der Waals surface area (Å²) in [5.74, 6) is 0. The topological polar surface area (TPSA) is 0 Å². The van der Waals surface area contributed by atoms with E-state index in [4.69, 9.17) is 0 Å². The zero-order valence-corrected chi connectivity index (χ0v) is 4.33. The second-order valence-electron chi connectivity index (χ2n) is 0.723. The first-order chi connectivity index (χ1) is 2.77. The maximum Gasteiger partial charge on any atom is 0.262 e. The fourth-order valence-electron chi connectivity index (χ4n) is 0.109. The van der Waals surface area contributed by atoms with Crippen LogP contribution in [0.4, 0.5) is 8.78 Å². The number of rotatable bonds is 1. The van der Waals surface area contributed by atoms with Crippen LogP contribution < -0.4 is 0 Å². The Morgan fingerprint density at radius 2 is 2.17 bits per heavy atom. The van der Waals surface area contributed by atoms with Crippen molar-refractivity contribution in [2.45, 2.75) is 6.55 Å². The molecule has 3 heteroatoms. The lowest BCUT2D eigenvalue weighted by Gasteiger charge is -1.69. The van der Waals surface area contributed by atoms with E-state index in [-0.39, 0.29) is 9.52 Å². The Morgan fingerprint density at radius 1 is 1.67 bits per heavy atom. The molecule has 2 radical (unpaired) electrons. The van der Waals surface area contributed by atoms with E-state index < -0.39 is 6.08 Å². The Morgan fingerprint density at radius 3 is 2.17 bits per heavy atom. The minimum absolute atomic E-state index is 0.226. The maximum atomic E-state index is 10.9. The molecule has 0 aromatic heterocycles. The molecule has 0 atom stereocenters. The van der Waals surface area contributed by atoms with Gasteiger partial charge >= 0.3 is 0 Å². The van der Waals surface area contributed by atoms with Gasteiger partial charge in [0.2, 0.25) is 0 Å². The van der Waals surface area contributed by atoms with Crippen LogP contribution in [-0.4, -0.2) is 9.52 Å².